The molecule has 0 aromatic heterocycles. The van der Waals surface area contributed by atoms with E-state index < -0.39 is 0 Å². The molecule has 1 aromatic carbocycles. The smallest absolute Gasteiger partial charge is 0.317 e. The van der Waals surface area contributed by atoms with Gasteiger partial charge in [-0.05, 0) is 55.7 Å². The highest BCUT2D eigenvalue weighted by Crippen LogP contribution is 2.35. The van der Waals surface area contributed by atoms with Gasteiger partial charge in [0, 0.05) is 38.3 Å². The molecular weight excluding hydrogens is 314 g/mol. The van der Waals surface area contributed by atoms with E-state index >= 15 is 0 Å². The average Bonchev–Trinajstić information content (AvgIpc) is 2.90. The van der Waals surface area contributed by atoms with Crippen molar-refractivity contribution >= 4 is 6.03 Å². The van der Waals surface area contributed by atoms with Crippen LogP contribution < -0.4 is 5.32 Å². The van der Waals surface area contributed by atoms with Crippen LogP contribution in [0.1, 0.15) is 44.1 Å². The molecule has 3 aliphatic rings. The van der Waals surface area contributed by atoms with Crippen molar-refractivity contribution in [2.45, 2.75) is 57.2 Å². The van der Waals surface area contributed by atoms with Gasteiger partial charge in [0.2, 0.25) is 0 Å². The number of amides is 2. The number of phenols is 1. The second kappa shape index (κ2) is 7.24. The van der Waals surface area contributed by atoms with Crippen molar-refractivity contribution in [2.75, 3.05) is 19.6 Å². The number of likely N-dealkylation sites (tertiary alicyclic amines) is 2. The Morgan fingerprint density at radius 3 is 2.80 bits per heavy atom. The van der Waals surface area contributed by atoms with Crippen LogP contribution in [0.2, 0.25) is 0 Å². The summed E-state index contributed by atoms with van der Waals surface area (Å²) < 4.78 is 0. The summed E-state index contributed by atoms with van der Waals surface area (Å²) in [7, 11) is 0. The van der Waals surface area contributed by atoms with Gasteiger partial charge in [0.05, 0.1) is 0 Å². The lowest BCUT2D eigenvalue weighted by atomic mass is 9.90. The number of carbonyl (C=O) groups is 1. The van der Waals surface area contributed by atoms with Crippen LogP contribution in [0.4, 0.5) is 4.79 Å². The molecule has 1 saturated carbocycles. The van der Waals surface area contributed by atoms with Crippen LogP contribution in [0.3, 0.4) is 0 Å². The third-order valence-corrected chi connectivity index (χ3v) is 6.14. The Labute approximate surface area is 150 Å². The molecule has 5 heteroatoms. The molecule has 5 nitrogen and oxygen atoms in total. The van der Waals surface area contributed by atoms with Crippen LogP contribution in [0.5, 0.6) is 5.75 Å². The number of nitrogens with one attached hydrogen (secondary N) is 1. The summed E-state index contributed by atoms with van der Waals surface area (Å²) in [5.41, 5.74) is 1.15. The number of aromatic hydroxyl groups is 1. The number of phenolic OH excluding ortho intramolecular Hbond substituents is 1. The first-order valence-corrected chi connectivity index (χ1v) is 9.75. The number of fused-ring (bicyclic) bond motifs is 2. The first-order valence-electron chi connectivity index (χ1n) is 9.75. The van der Waals surface area contributed by atoms with Crippen LogP contribution >= 0.6 is 0 Å². The van der Waals surface area contributed by atoms with Gasteiger partial charge in [-0.1, -0.05) is 18.6 Å². The minimum absolute atomic E-state index is 0.167. The number of carbonyl (C=O) groups excluding carboxylic acids is 1. The van der Waals surface area contributed by atoms with E-state index in [0.29, 0.717) is 17.8 Å². The maximum Gasteiger partial charge on any atom is 0.317 e. The quantitative estimate of drug-likeness (QED) is 0.887. The Morgan fingerprint density at radius 1 is 1.20 bits per heavy atom. The van der Waals surface area contributed by atoms with Gasteiger partial charge in [0.15, 0.2) is 0 Å². The fraction of sp³-hybridized carbons (Fsp3) is 0.650. The van der Waals surface area contributed by atoms with Crippen LogP contribution in [-0.2, 0) is 6.54 Å². The van der Waals surface area contributed by atoms with E-state index in [2.05, 4.69) is 21.2 Å². The van der Waals surface area contributed by atoms with Crippen LogP contribution in [0.15, 0.2) is 24.3 Å². The molecule has 3 fully saturated rings. The van der Waals surface area contributed by atoms with E-state index in [4.69, 9.17) is 0 Å². The number of piperidine rings is 1. The third kappa shape index (κ3) is 3.92. The fourth-order valence-electron chi connectivity index (χ4n) is 4.79. The van der Waals surface area contributed by atoms with E-state index in [1.54, 1.807) is 6.07 Å². The van der Waals surface area contributed by atoms with Gasteiger partial charge in [-0.25, -0.2) is 4.79 Å². The van der Waals surface area contributed by atoms with E-state index in [-0.39, 0.29) is 6.03 Å². The summed E-state index contributed by atoms with van der Waals surface area (Å²) in [6.45, 7) is 3.82. The molecule has 2 heterocycles. The van der Waals surface area contributed by atoms with Gasteiger partial charge in [0.25, 0.3) is 0 Å². The van der Waals surface area contributed by atoms with Crippen LogP contribution in [0.25, 0.3) is 0 Å². The Kier molecular flexibility index (Phi) is 4.84. The van der Waals surface area contributed by atoms with Gasteiger partial charge in [-0.15, -0.1) is 0 Å². The molecule has 2 bridgehead atoms. The van der Waals surface area contributed by atoms with Crippen LogP contribution in [-0.4, -0.2) is 52.7 Å². The third-order valence-electron chi connectivity index (χ3n) is 6.14. The van der Waals surface area contributed by atoms with Crippen molar-refractivity contribution in [3.63, 3.8) is 0 Å². The molecule has 0 spiro atoms. The molecule has 136 valence electrons. The number of hydrogen-bond donors (Lipinski definition) is 2. The minimum Gasteiger partial charge on any atom is -0.508 e. The van der Waals surface area contributed by atoms with Gasteiger partial charge >= 0.3 is 6.03 Å². The SMILES string of the molecule is O=C(NC1CCN(Cc2cccc(O)c2)CC1)N1C[C@@H]2CCC[C@H]1C2. The van der Waals surface area contributed by atoms with E-state index in [9.17, 15) is 9.90 Å². The lowest BCUT2D eigenvalue weighted by Crippen LogP contribution is -2.50. The van der Waals surface area contributed by atoms with Crippen molar-refractivity contribution in [1.29, 1.82) is 0 Å². The Balaban J connectivity index is 1.24. The van der Waals surface area contributed by atoms with E-state index in [1.165, 1.54) is 25.7 Å². The van der Waals surface area contributed by atoms with E-state index in [0.717, 1.165) is 50.5 Å². The Hall–Kier alpha value is -1.75. The Bertz CT molecular complexity index is 613. The molecule has 2 N–H and O–H groups in total. The summed E-state index contributed by atoms with van der Waals surface area (Å²) in [6, 6.07) is 8.44. The lowest BCUT2D eigenvalue weighted by molar-refractivity contribution is 0.165. The zero-order valence-electron chi connectivity index (χ0n) is 14.9. The van der Waals surface area contributed by atoms with Crippen molar-refractivity contribution in [3.05, 3.63) is 29.8 Å². The number of rotatable bonds is 3. The highest BCUT2D eigenvalue weighted by molar-refractivity contribution is 5.75. The van der Waals surface area contributed by atoms with Crippen molar-refractivity contribution in [2.24, 2.45) is 5.92 Å². The Morgan fingerprint density at radius 2 is 2.04 bits per heavy atom. The standard InChI is InChI=1S/C20H29N3O2/c24-19-6-2-4-16(12-19)13-22-9-7-17(8-10-22)21-20(25)23-14-15-3-1-5-18(23)11-15/h2,4,6,12,15,17-18,24H,1,3,5,7-11,13-14H2,(H,21,25)/t15-,18+/m1/s1. The molecule has 2 aliphatic heterocycles. The van der Waals surface area contributed by atoms with Crippen molar-refractivity contribution < 1.29 is 9.90 Å². The summed E-state index contributed by atoms with van der Waals surface area (Å²) in [4.78, 5) is 17.2. The molecule has 25 heavy (non-hydrogen) atoms. The maximum absolute atomic E-state index is 12.6. The zero-order valence-corrected chi connectivity index (χ0v) is 14.9. The number of urea groups is 1. The van der Waals surface area contributed by atoms with Gasteiger partial charge < -0.3 is 15.3 Å². The summed E-state index contributed by atoms with van der Waals surface area (Å²) in [6.07, 6.45) is 7.00. The highest BCUT2D eigenvalue weighted by atomic mass is 16.3. The summed E-state index contributed by atoms with van der Waals surface area (Å²) >= 11 is 0. The lowest BCUT2D eigenvalue weighted by Gasteiger charge is -2.34. The summed E-state index contributed by atoms with van der Waals surface area (Å²) in [5, 5.41) is 12.9. The number of hydrogen-bond acceptors (Lipinski definition) is 3. The first kappa shape index (κ1) is 16.7. The molecule has 0 unspecified atom stereocenters. The van der Waals surface area contributed by atoms with Gasteiger partial charge in [-0.3, -0.25) is 4.90 Å². The number of nitrogens with zero attached hydrogens (tertiary/aromatic N) is 2. The largest absolute Gasteiger partial charge is 0.508 e. The molecule has 0 radical (unpaired) electrons. The molecular formula is C20H29N3O2. The molecule has 4 rings (SSSR count). The van der Waals surface area contributed by atoms with E-state index in [1.807, 2.05) is 12.1 Å². The highest BCUT2D eigenvalue weighted by Gasteiger charge is 2.38. The molecule has 2 atom stereocenters. The predicted octanol–water partition coefficient (Wildman–Crippen LogP) is 2.94. The molecule has 1 aliphatic carbocycles. The summed E-state index contributed by atoms with van der Waals surface area (Å²) in [5.74, 6) is 1.07. The average molecular weight is 343 g/mol. The molecule has 2 amide bonds. The number of benzene rings is 1. The second-order valence-corrected chi connectivity index (χ2v) is 8.01. The molecule has 1 aromatic rings. The molecule has 2 saturated heterocycles. The predicted molar refractivity (Wildman–Crippen MR) is 97.4 cm³/mol. The van der Waals surface area contributed by atoms with Crippen LogP contribution in [0, 0.1) is 5.92 Å². The van der Waals surface area contributed by atoms with Crippen molar-refractivity contribution in [3.8, 4) is 5.75 Å². The minimum atomic E-state index is 0.167. The van der Waals surface area contributed by atoms with Gasteiger partial charge in [-0.2, -0.15) is 0 Å². The maximum atomic E-state index is 12.6. The van der Waals surface area contributed by atoms with Gasteiger partial charge in [0.1, 0.15) is 5.75 Å². The fourth-order valence-corrected chi connectivity index (χ4v) is 4.79. The topological polar surface area (TPSA) is 55.8 Å². The zero-order chi connectivity index (χ0) is 17.2. The second-order valence-electron chi connectivity index (χ2n) is 8.01. The monoisotopic (exact) mass is 343 g/mol. The first-order chi connectivity index (χ1) is 12.2. The van der Waals surface area contributed by atoms with Crippen molar-refractivity contribution in [1.82, 2.24) is 15.1 Å². The normalized spacial score (nSPS) is 27.4.